The zero-order chi connectivity index (χ0) is 23.4. The van der Waals surface area contributed by atoms with Gasteiger partial charge in [0.25, 0.3) is 0 Å². The quantitative estimate of drug-likeness (QED) is 0.308. The molecule has 4 rings (SSSR count). The number of phenolic OH excluding ortho intramolecular Hbond substituents is 1. The fourth-order valence-corrected chi connectivity index (χ4v) is 3.80. The molecule has 0 spiro atoms. The number of hydrogen-bond donors (Lipinski definition) is 1. The maximum Gasteiger partial charge on any atom is 0.176 e. The maximum atomic E-state index is 10.8. The van der Waals surface area contributed by atoms with E-state index in [1.165, 1.54) is 5.56 Å². The smallest absolute Gasteiger partial charge is 0.176 e. The summed E-state index contributed by atoms with van der Waals surface area (Å²) in [6.45, 7) is 4.55. The summed E-state index contributed by atoms with van der Waals surface area (Å²) < 4.78 is 13.9. The van der Waals surface area contributed by atoms with Crippen LogP contribution >= 0.6 is 11.6 Å². The largest absolute Gasteiger partial charge is 0.507 e. The number of aryl methyl sites for hydroxylation is 2. The van der Waals surface area contributed by atoms with Gasteiger partial charge in [-0.1, -0.05) is 49.7 Å². The molecule has 1 aromatic heterocycles. The molecule has 0 unspecified atom stereocenters. The first-order valence-corrected chi connectivity index (χ1v) is 11.4. The number of hydrogen-bond acceptors (Lipinski definition) is 4. The van der Waals surface area contributed by atoms with E-state index in [2.05, 4.69) is 31.1 Å². The van der Waals surface area contributed by atoms with E-state index in [0.717, 1.165) is 29.8 Å². The van der Waals surface area contributed by atoms with Crippen LogP contribution in [0.2, 0.25) is 5.02 Å². The molecule has 5 nitrogen and oxygen atoms in total. The number of phenols is 1. The van der Waals surface area contributed by atoms with E-state index in [1.54, 1.807) is 16.8 Å². The van der Waals surface area contributed by atoms with Gasteiger partial charge in [-0.3, -0.25) is 4.68 Å². The molecule has 6 heteroatoms. The van der Waals surface area contributed by atoms with Gasteiger partial charge < -0.3 is 14.6 Å². The highest BCUT2D eigenvalue weighted by Gasteiger charge is 2.21. The Kier molecular flexibility index (Phi) is 6.90. The number of halogens is 1. The molecule has 3 aromatic carbocycles. The molecule has 33 heavy (non-hydrogen) atoms. The van der Waals surface area contributed by atoms with Crippen LogP contribution in [0.5, 0.6) is 23.0 Å². The Bertz CT molecular complexity index is 1230. The minimum absolute atomic E-state index is 0.0792. The summed E-state index contributed by atoms with van der Waals surface area (Å²) in [6, 6.07) is 20.7. The lowest BCUT2D eigenvalue weighted by Crippen LogP contribution is -1.97. The van der Waals surface area contributed by atoms with Crippen LogP contribution in [0, 0.1) is 0 Å². The molecule has 0 aliphatic carbocycles. The zero-order valence-corrected chi connectivity index (χ0v) is 19.8. The summed E-state index contributed by atoms with van der Waals surface area (Å²) in [6.07, 6.45) is 1.72. The van der Waals surface area contributed by atoms with E-state index in [-0.39, 0.29) is 5.75 Å². The van der Waals surface area contributed by atoms with Crippen LogP contribution in [0.1, 0.15) is 30.7 Å². The third kappa shape index (κ3) is 5.15. The van der Waals surface area contributed by atoms with Gasteiger partial charge in [-0.2, -0.15) is 5.10 Å². The molecular formula is C27H27ClN2O3. The first kappa shape index (κ1) is 22.7. The standard InChI is InChI=1S/C27H27ClN2O3/c1-4-18-8-12-21(13-9-18)33-27-24(5-2)30(3)29-26(27)23-15-14-22(16-25(23)31)32-17-19-6-10-20(28)11-7-19/h6-16,31H,4-5,17H2,1-3H3. The molecule has 0 aliphatic heterocycles. The highest BCUT2D eigenvalue weighted by atomic mass is 35.5. The molecule has 0 saturated carbocycles. The minimum Gasteiger partial charge on any atom is -0.507 e. The summed E-state index contributed by atoms with van der Waals surface area (Å²) in [5.74, 6) is 2.03. The molecule has 0 bridgehead atoms. The summed E-state index contributed by atoms with van der Waals surface area (Å²) in [7, 11) is 1.88. The Morgan fingerprint density at radius 1 is 0.879 bits per heavy atom. The molecule has 0 radical (unpaired) electrons. The van der Waals surface area contributed by atoms with Crippen LogP contribution in [0.4, 0.5) is 0 Å². The molecular weight excluding hydrogens is 436 g/mol. The highest BCUT2D eigenvalue weighted by Crippen LogP contribution is 2.41. The van der Waals surface area contributed by atoms with Gasteiger partial charge in [0.05, 0.1) is 5.69 Å². The van der Waals surface area contributed by atoms with Gasteiger partial charge in [-0.25, -0.2) is 0 Å². The van der Waals surface area contributed by atoms with Crippen molar-refractivity contribution in [2.45, 2.75) is 33.3 Å². The van der Waals surface area contributed by atoms with E-state index in [9.17, 15) is 5.11 Å². The van der Waals surface area contributed by atoms with Crippen LogP contribution in [0.3, 0.4) is 0 Å². The predicted octanol–water partition coefficient (Wildman–Crippen LogP) is 6.94. The third-order valence-corrected chi connectivity index (χ3v) is 5.80. The van der Waals surface area contributed by atoms with Crippen molar-refractivity contribution in [2.75, 3.05) is 0 Å². The Morgan fingerprint density at radius 3 is 2.18 bits per heavy atom. The summed E-state index contributed by atoms with van der Waals surface area (Å²) in [5, 5.41) is 16.1. The van der Waals surface area contributed by atoms with Crippen LogP contribution in [0.15, 0.2) is 66.7 Å². The van der Waals surface area contributed by atoms with Crippen molar-refractivity contribution >= 4 is 11.6 Å². The average Bonchev–Trinajstić information content (AvgIpc) is 3.13. The Balaban J connectivity index is 1.60. The second-order valence-corrected chi connectivity index (χ2v) is 8.23. The van der Waals surface area contributed by atoms with E-state index < -0.39 is 0 Å². The van der Waals surface area contributed by atoms with Gasteiger partial charge in [0.1, 0.15) is 29.5 Å². The molecule has 1 heterocycles. The molecule has 0 amide bonds. The van der Waals surface area contributed by atoms with Gasteiger partial charge in [0.2, 0.25) is 0 Å². The Hall–Kier alpha value is -3.44. The van der Waals surface area contributed by atoms with Gasteiger partial charge in [-0.15, -0.1) is 0 Å². The fraction of sp³-hybridized carbons (Fsp3) is 0.222. The Morgan fingerprint density at radius 2 is 1.55 bits per heavy atom. The van der Waals surface area contributed by atoms with Crippen molar-refractivity contribution in [3.8, 4) is 34.3 Å². The summed E-state index contributed by atoms with van der Waals surface area (Å²) in [4.78, 5) is 0. The monoisotopic (exact) mass is 462 g/mol. The van der Waals surface area contributed by atoms with Crippen LogP contribution < -0.4 is 9.47 Å². The van der Waals surface area contributed by atoms with E-state index >= 15 is 0 Å². The van der Waals surface area contributed by atoms with Gasteiger partial charge in [-0.05, 0) is 60.4 Å². The summed E-state index contributed by atoms with van der Waals surface area (Å²) >= 11 is 5.93. The van der Waals surface area contributed by atoms with Crippen LogP contribution in [0.25, 0.3) is 11.3 Å². The van der Waals surface area contributed by atoms with E-state index in [4.69, 9.17) is 21.1 Å². The molecule has 0 fully saturated rings. The lowest BCUT2D eigenvalue weighted by molar-refractivity contribution is 0.304. The van der Waals surface area contributed by atoms with Crippen molar-refractivity contribution in [3.63, 3.8) is 0 Å². The van der Waals surface area contributed by atoms with Crippen molar-refractivity contribution in [3.05, 3.63) is 88.6 Å². The number of ether oxygens (including phenoxy) is 2. The Labute approximate surface area is 199 Å². The maximum absolute atomic E-state index is 10.8. The zero-order valence-electron chi connectivity index (χ0n) is 19.0. The van der Waals surface area contributed by atoms with Gasteiger partial charge in [0.15, 0.2) is 5.75 Å². The first-order valence-electron chi connectivity index (χ1n) is 11.0. The van der Waals surface area contributed by atoms with E-state index in [1.807, 2.05) is 49.5 Å². The molecule has 0 atom stereocenters. The molecule has 0 saturated heterocycles. The SMILES string of the molecule is CCc1ccc(Oc2c(-c3ccc(OCc4ccc(Cl)cc4)cc3O)nn(C)c2CC)cc1. The van der Waals surface area contributed by atoms with E-state index in [0.29, 0.717) is 34.4 Å². The van der Waals surface area contributed by atoms with Crippen molar-refractivity contribution in [2.24, 2.45) is 7.05 Å². The number of aromatic hydroxyl groups is 1. The topological polar surface area (TPSA) is 56.5 Å². The normalized spacial score (nSPS) is 10.9. The number of nitrogens with zero attached hydrogens (tertiary/aromatic N) is 2. The fourth-order valence-electron chi connectivity index (χ4n) is 3.67. The van der Waals surface area contributed by atoms with Crippen LogP contribution in [-0.2, 0) is 26.5 Å². The highest BCUT2D eigenvalue weighted by molar-refractivity contribution is 6.30. The third-order valence-electron chi connectivity index (χ3n) is 5.55. The van der Waals surface area contributed by atoms with Crippen molar-refractivity contribution < 1.29 is 14.6 Å². The lowest BCUT2D eigenvalue weighted by Gasteiger charge is -2.11. The molecule has 1 N–H and O–H groups in total. The second-order valence-electron chi connectivity index (χ2n) is 7.80. The molecule has 0 aliphatic rings. The average molecular weight is 463 g/mol. The second kappa shape index (κ2) is 10.0. The van der Waals surface area contributed by atoms with Crippen molar-refractivity contribution in [1.29, 1.82) is 0 Å². The lowest BCUT2D eigenvalue weighted by atomic mass is 10.1. The first-order chi connectivity index (χ1) is 16.0. The predicted molar refractivity (Wildman–Crippen MR) is 131 cm³/mol. The van der Waals surface area contributed by atoms with Gasteiger partial charge >= 0.3 is 0 Å². The number of aromatic nitrogens is 2. The van der Waals surface area contributed by atoms with Crippen molar-refractivity contribution in [1.82, 2.24) is 9.78 Å². The minimum atomic E-state index is 0.0792. The van der Waals surface area contributed by atoms with Crippen LogP contribution in [-0.4, -0.2) is 14.9 Å². The number of benzene rings is 3. The summed E-state index contributed by atoms with van der Waals surface area (Å²) in [5.41, 5.74) is 4.37. The van der Waals surface area contributed by atoms with Gasteiger partial charge in [0, 0.05) is 23.7 Å². The number of rotatable bonds is 8. The molecule has 4 aromatic rings. The molecule has 170 valence electrons.